The lowest BCUT2D eigenvalue weighted by molar-refractivity contribution is -0.133. The van der Waals surface area contributed by atoms with E-state index in [-0.39, 0.29) is 22.5 Å². The van der Waals surface area contributed by atoms with Crippen LogP contribution in [0.15, 0.2) is 51.7 Å². The Morgan fingerprint density at radius 3 is 2.45 bits per heavy atom. The first-order valence-electron chi connectivity index (χ1n) is 9.18. The summed E-state index contributed by atoms with van der Waals surface area (Å²) in [5.74, 6) is -0.0189. The van der Waals surface area contributed by atoms with E-state index in [2.05, 4.69) is 9.71 Å². The van der Waals surface area contributed by atoms with E-state index in [0.29, 0.717) is 36.6 Å². The monoisotopic (exact) mass is 432 g/mol. The van der Waals surface area contributed by atoms with E-state index in [9.17, 15) is 18.0 Å². The Morgan fingerprint density at radius 2 is 1.76 bits per heavy atom. The van der Waals surface area contributed by atoms with Gasteiger partial charge in [0, 0.05) is 31.7 Å². The first-order chi connectivity index (χ1) is 13.9. The molecule has 1 aromatic carbocycles. The smallest absolute Gasteiger partial charge is 0.264 e. The number of carbonyl (C=O) groups is 2. The van der Waals surface area contributed by atoms with Gasteiger partial charge in [0.15, 0.2) is 0 Å². The minimum Gasteiger partial charge on any atom is -0.337 e. The number of amides is 2. The van der Waals surface area contributed by atoms with Crippen molar-refractivity contribution in [3.05, 3.63) is 52.2 Å². The predicted octanol–water partition coefficient (Wildman–Crippen LogP) is 1.16. The number of amidine groups is 1. The Morgan fingerprint density at radius 1 is 1.07 bits per heavy atom. The molecule has 0 bridgehead atoms. The van der Waals surface area contributed by atoms with E-state index in [0.717, 1.165) is 0 Å². The third kappa shape index (κ3) is 3.77. The van der Waals surface area contributed by atoms with Gasteiger partial charge in [-0.3, -0.25) is 19.3 Å². The first-order valence-corrected chi connectivity index (χ1v) is 11.5. The van der Waals surface area contributed by atoms with Crippen LogP contribution in [0.4, 0.5) is 0 Å². The van der Waals surface area contributed by atoms with Crippen LogP contribution in [0.3, 0.4) is 0 Å². The average molecular weight is 433 g/mol. The van der Waals surface area contributed by atoms with Gasteiger partial charge in [-0.15, -0.1) is 11.3 Å². The molecule has 1 N–H and O–H groups in total. The molecule has 2 aliphatic rings. The molecular formula is C19H20N4O4S2. The third-order valence-electron chi connectivity index (χ3n) is 4.95. The highest BCUT2D eigenvalue weighted by Crippen LogP contribution is 2.23. The molecule has 0 spiro atoms. The highest BCUT2D eigenvalue weighted by Gasteiger charge is 2.32. The van der Waals surface area contributed by atoms with E-state index >= 15 is 0 Å². The molecule has 0 aliphatic carbocycles. The van der Waals surface area contributed by atoms with E-state index in [1.54, 1.807) is 41.0 Å². The van der Waals surface area contributed by atoms with E-state index < -0.39 is 16.1 Å². The molecule has 0 radical (unpaired) electrons. The zero-order chi connectivity index (χ0) is 20.6. The SMILES string of the molecule is C[C@@H](N=C1NS(=O)(=O)c2ccccc21)C(=O)N1CCN(C(=O)c2cccs2)CC1. The Bertz CT molecular complexity index is 1070. The van der Waals surface area contributed by atoms with Crippen LogP contribution in [0.1, 0.15) is 22.2 Å². The van der Waals surface area contributed by atoms with Gasteiger partial charge in [0.1, 0.15) is 11.9 Å². The van der Waals surface area contributed by atoms with Crippen molar-refractivity contribution in [3.8, 4) is 0 Å². The molecule has 3 heterocycles. The second kappa shape index (κ2) is 7.60. The lowest BCUT2D eigenvalue weighted by Crippen LogP contribution is -2.52. The summed E-state index contributed by atoms with van der Waals surface area (Å²) >= 11 is 1.40. The predicted molar refractivity (Wildman–Crippen MR) is 110 cm³/mol. The zero-order valence-corrected chi connectivity index (χ0v) is 17.4. The summed E-state index contributed by atoms with van der Waals surface area (Å²) in [5.41, 5.74) is 0.471. The second-order valence-electron chi connectivity index (χ2n) is 6.85. The summed E-state index contributed by atoms with van der Waals surface area (Å²) in [6.07, 6.45) is 0. The van der Waals surface area contributed by atoms with Crippen molar-refractivity contribution in [3.63, 3.8) is 0 Å². The maximum absolute atomic E-state index is 12.8. The Labute approximate surface area is 172 Å². The number of nitrogens with zero attached hydrogens (tertiary/aromatic N) is 3. The number of sulfonamides is 1. The molecule has 10 heteroatoms. The van der Waals surface area contributed by atoms with Gasteiger partial charge in [0.25, 0.3) is 15.9 Å². The number of benzene rings is 1. The van der Waals surface area contributed by atoms with Gasteiger partial charge < -0.3 is 9.80 Å². The average Bonchev–Trinajstić information content (AvgIpc) is 3.34. The topological polar surface area (TPSA) is 99.1 Å². The van der Waals surface area contributed by atoms with Gasteiger partial charge in [0.05, 0.1) is 9.77 Å². The van der Waals surface area contributed by atoms with Crippen molar-refractivity contribution in [2.24, 2.45) is 4.99 Å². The molecule has 29 heavy (non-hydrogen) atoms. The highest BCUT2D eigenvalue weighted by atomic mass is 32.2. The van der Waals surface area contributed by atoms with Gasteiger partial charge in [-0.25, -0.2) is 8.42 Å². The molecule has 1 atom stereocenters. The molecule has 1 aromatic heterocycles. The molecule has 2 aliphatic heterocycles. The van der Waals surface area contributed by atoms with Crippen LogP contribution in [-0.4, -0.2) is 68.1 Å². The van der Waals surface area contributed by atoms with Gasteiger partial charge in [0.2, 0.25) is 5.91 Å². The summed E-state index contributed by atoms with van der Waals surface area (Å²) in [5, 5.41) is 1.86. The van der Waals surface area contributed by atoms with Crippen LogP contribution in [0.5, 0.6) is 0 Å². The fourth-order valence-electron chi connectivity index (χ4n) is 3.43. The van der Waals surface area contributed by atoms with E-state index in [1.807, 2.05) is 11.4 Å². The molecule has 152 valence electrons. The number of aliphatic imine (C=N–C) groups is 1. The van der Waals surface area contributed by atoms with Gasteiger partial charge in [-0.05, 0) is 30.5 Å². The Kier molecular flexibility index (Phi) is 5.13. The van der Waals surface area contributed by atoms with Crippen LogP contribution < -0.4 is 4.72 Å². The number of fused-ring (bicyclic) bond motifs is 1. The number of hydrogen-bond donors (Lipinski definition) is 1. The van der Waals surface area contributed by atoms with E-state index in [1.165, 1.54) is 17.4 Å². The normalized spacial score (nSPS) is 20.2. The Balaban J connectivity index is 1.42. The number of rotatable bonds is 3. The lowest BCUT2D eigenvalue weighted by atomic mass is 10.2. The highest BCUT2D eigenvalue weighted by molar-refractivity contribution is 7.90. The molecule has 2 aromatic rings. The number of piperazine rings is 1. The van der Waals surface area contributed by atoms with Crippen LogP contribution in [0.25, 0.3) is 0 Å². The molecule has 8 nitrogen and oxygen atoms in total. The summed E-state index contributed by atoms with van der Waals surface area (Å²) in [4.78, 5) is 33.8. The van der Waals surface area contributed by atoms with E-state index in [4.69, 9.17) is 0 Å². The van der Waals surface area contributed by atoms with Crippen LogP contribution >= 0.6 is 11.3 Å². The number of thiophene rings is 1. The standard InChI is InChI=1S/C19H20N4O4S2/c1-13(20-17-14-5-2-3-7-16(14)29(26,27)21-17)18(24)22-8-10-23(11-9-22)19(25)15-6-4-12-28-15/h2-7,12-13H,8-11H2,1H3,(H,20,21)/t13-/m1/s1. The van der Waals surface area contributed by atoms with Gasteiger partial charge >= 0.3 is 0 Å². The van der Waals surface area contributed by atoms with Crippen LogP contribution in [0, 0.1) is 0 Å². The summed E-state index contributed by atoms with van der Waals surface area (Å²) < 4.78 is 26.8. The quantitative estimate of drug-likeness (QED) is 0.787. The minimum atomic E-state index is -3.64. The van der Waals surface area contributed by atoms with Gasteiger partial charge in [-0.2, -0.15) is 0 Å². The molecule has 0 saturated carbocycles. The summed E-state index contributed by atoms with van der Waals surface area (Å²) in [6, 6.07) is 9.45. The zero-order valence-electron chi connectivity index (χ0n) is 15.7. The molecule has 1 fully saturated rings. The Hall–Kier alpha value is -2.72. The second-order valence-corrected chi connectivity index (χ2v) is 9.45. The lowest BCUT2D eigenvalue weighted by Gasteiger charge is -2.35. The molecule has 2 amide bonds. The number of hydrogen-bond acceptors (Lipinski definition) is 6. The first kappa shape index (κ1) is 19.6. The minimum absolute atomic E-state index is 0.0163. The maximum Gasteiger partial charge on any atom is 0.264 e. The van der Waals surface area contributed by atoms with Crippen molar-refractivity contribution in [1.29, 1.82) is 0 Å². The molecule has 1 saturated heterocycles. The number of nitrogens with one attached hydrogen (secondary N) is 1. The summed E-state index contributed by atoms with van der Waals surface area (Å²) in [7, 11) is -3.64. The number of carbonyl (C=O) groups excluding carboxylic acids is 2. The van der Waals surface area contributed by atoms with Crippen LogP contribution in [-0.2, 0) is 14.8 Å². The van der Waals surface area contributed by atoms with Gasteiger partial charge in [-0.1, -0.05) is 18.2 Å². The fourth-order valence-corrected chi connectivity index (χ4v) is 5.36. The maximum atomic E-state index is 12.8. The fraction of sp³-hybridized carbons (Fsp3) is 0.316. The van der Waals surface area contributed by atoms with Crippen molar-refractivity contribution >= 4 is 39.0 Å². The van der Waals surface area contributed by atoms with Crippen LogP contribution in [0.2, 0.25) is 0 Å². The molecule has 0 unspecified atom stereocenters. The summed E-state index contributed by atoms with van der Waals surface area (Å²) in [6.45, 7) is 3.41. The molecular weight excluding hydrogens is 412 g/mol. The van der Waals surface area contributed by atoms with Crippen molar-refractivity contribution in [2.45, 2.75) is 17.9 Å². The van der Waals surface area contributed by atoms with Crippen molar-refractivity contribution < 1.29 is 18.0 Å². The van der Waals surface area contributed by atoms with Crippen molar-refractivity contribution in [2.75, 3.05) is 26.2 Å². The third-order valence-corrected chi connectivity index (χ3v) is 7.21. The largest absolute Gasteiger partial charge is 0.337 e. The molecule has 4 rings (SSSR count). The van der Waals surface area contributed by atoms with Crippen molar-refractivity contribution in [1.82, 2.24) is 14.5 Å².